The lowest BCUT2D eigenvalue weighted by atomic mass is 10.0. The van der Waals surface area contributed by atoms with Crippen LogP contribution in [0.1, 0.15) is 16.7 Å². The number of pyridine rings is 2. The molecule has 0 unspecified atom stereocenters. The van der Waals surface area contributed by atoms with Crippen LogP contribution in [0.15, 0.2) is 78.3 Å². The summed E-state index contributed by atoms with van der Waals surface area (Å²) in [7, 11) is 1.68. The number of carbonyl (C=O) groups is 1. The molecule has 1 saturated heterocycles. The molecular weight excluding hydrogens is 490 g/mol. The lowest BCUT2D eigenvalue weighted by molar-refractivity contribution is 0.194. The van der Waals surface area contributed by atoms with Crippen LogP contribution in [0, 0.1) is 11.3 Å². The van der Waals surface area contributed by atoms with Gasteiger partial charge in [-0.15, -0.1) is 0 Å². The maximum atomic E-state index is 12.6. The number of amides is 2. The van der Waals surface area contributed by atoms with Crippen molar-refractivity contribution >= 4 is 29.2 Å². The maximum Gasteiger partial charge on any atom is 0.317 e. The number of fused-ring (bicyclic) bond motifs is 1. The van der Waals surface area contributed by atoms with Crippen molar-refractivity contribution in [2.75, 3.05) is 38.1 Å². The Morgan fingerprint density at radius 3 is 2.62 bits per heavy atom. The van der Waals surface area contributed by atoms with Gasteiger partial charge in [0.2, 0.25) is 0 Å². The smallest absolute Gasteiger partial charge is 0.317 e. The van der Waals surface area contributed by atoms with Crippen molar-refractivity contribution in [1.82, 2.24) is 24.8 Å². The number of aliphatic imine (C=N–C) groups is 1. The number of hydrogen-bond acceptors (Lipinski definition) is 7. The van der Waals surface area contributed by atoms with Gasteiger partial charge in [0.1, 0.15) is 11.9 Å². The lowest BCUT2D eigenvalue weighted by Crippen LogP contribution is -2.51. The number of nitrogens with one attached hydrogen (secondary N) is 1. The molecule has 1 aliphatic heterocycles. The van der Waals surface area contributed by atoms with E-state index in [1.54, 1.807) is 30.2 Å². The van der Waals surface area contributed by atoms with E-state index in [0.717, 1.165) is 33.6 Å². The summed E-state index contributed by atoms with van der Waals surface area (Å²) in [6.07, 6.45) is 8.37. The highest BCUT2D eigenvalue weighted by molar-refractivity contribution is 6.10. The van der Waals surface area contributed by atoms with Crippen molar-refractivity contribution < 1.29 is 4.79 Å². The van der Waals surface area contributed by atoms with Crippen LogP contribution in [-0.2, 0) is 6.54 Å². The molecule has 10 heteroatoms. The highest BCUT2D eigenvalue weighted by Crippen LogP contribution is 2.30. The molecule has 0 radical (unpaired) electrons. The number of nitriles is 1. The maximum absolute atomic E-state index is 12.6. The van der Waals surface area contributed by atoms with Gasteiger partial charge >= 0.3 is 6.03 Å². The molecule has 1 aliphatic rings. The summed E-state index contributed by atoms with van der Waals surface area (Å²) in [4.78, 5) is 25.4. The van der Waals surface area contributed by atoms with E-state index >= 15 is 0 Å². The van der Waals surface area contributed by atoms with Gasteiger partial charge in [-0.2, -0.15) is 10.4 Å². The first kappa shape index (κ1) is 25.5. The van der Waals surface area contributed by atoms with Gasteiger partial charge in [0.25, 0.3) is 0 Å². The summed E-state index contributed by atoms with van der Waals surface area (Å²) in [6.45, 7) is 3.11. The second-order valence-corrected chi connectivity index (χ2v) is 9.14. The Bertz CT molecular complexity index is 1560. The zero-order valence-corrected chi connectivity index (χ0v) is 21.7. The fourth-order valence-corrected chi connectivity index (χ4v) is 4.69. The summed E-state index contributed by atoms with van der Waals surface area (Å²) in [5.41, 5.74) is 11.3. The summed E-state index contributed by atoms with van der Waals surface area (Å²) in [5.74, 6) is 0.838. The average Bonchev–Trinajstić information content (AvgIpc) is 3.42. The number of urea groups is 1. The van der Waals surface area contributed by atoms with Crippen molar-refractivity contribution in [3.63, 3.8) is 0 Å². The largest absolute Gasteiger partial charge is 0.404 e. The van der Waals surface area contributed by atoms with Gasteiger partial charge in [-0.05, 0) is 23.8 Å². The monoisotopic (exact) mass is 519 g/mol. The summed E-state index contributed by atoms with van der Waals surface area (Å²) >= 11 is 0. The van der Waals surface area contributed by atoms with Gasteiger partial charge in [-0.1, -0.05) is 30.3 Å². The number of allylic oxidation sites excluding steroid dienone is 1. The Kier molecular flexibility index (Phi) is 7.50. The van der Waals surface area contributed by atoms with E-state index in [0.29, 0.717) is 43.8 Å². The summed E-state index contributed by atoms with van der Waals surface area (Å²) in [5, 5.41) is 17.0. The predicted molar refractivity (Wildman–Crippen MR) is 152 cm³/mol. The Morgan fingerprint density at radius 1 is 1.15 bits per heavy atom. The van der Waals surface area contributed by atoms with Gasteiger partial charge in [0, 0.05) is 86.8 Å². The molecule has 1 aromatic carbocycles. The number of carbonyl (C=O) groups excluding carboxylic acids is 1. The van der Waals surface area contributed by atoms with Crippen molar-refractivity contribution in [2.45, 2.75) is 6.54 Å². The molecule has 0 atom stereocenters. The first-order valence-electron chi connectivity index (χ1n) is 12.6. The number of benzene rings is 1. The normalized spacial score (nSPS) is 14.1. The standard InChI is InChI=1S/C29H29N9O/c1-32-17-24(14-30)23-13-26(28-25(15-31)19-35-38(28)20-23)22-7-8-27(33-18-22)36-9-11-37(12-10-36)29(39)34-16-21-5-3-2-4-6-21/h2-8,13-14,17-20H,9-12,16,30H2,1H3,(H,34,39). The van der Waals surface area contributed by atoms with Crippen LogP contribution < -0.4 is 16.0 Å². The molecule has 3 N–H and O–H groups in total. The molecule has 39 heavy (non-hydrogen) atoms. The number of aromatic nitrogens is 3. The van der Waals surface area contributed by atoms with Crippen LogP contribution in [0.2, 0.25) is 0 Å². The number of hydrogen-bond donors (Lipinski definition) is 2. The van der Waals surface area contributed by atoms with Gasteiger partial charge in [0.05, 0.1) is 17.3 Å². The number of anilines is 1. The Labute approximate surface area is 226 Å². The van der Waals surface area contributed by atoms with Crippen LogP contribution in [0.5, 0.6) is 0 Å². The third-order valence-electron chi connectivity index (χ3n) is 6.75. The average molecular weight is 520 g/mol. The van der Waals surface area contributed by atoms with Crippen molar-refractivity contribution in [2.24, 2.45) is 10.7 Å². The molecule has 4 aromatic rings. The minimum atomic E-state index is -0.0566. The van der Waals surface area contributed by atoms with E-state index < -0.39 is 0 Å². The quantitative estimate of drug-likeness (QED) is 0.376. The summed E-state index contributed by atoms with van der Waals surface area (Å²) < 4.78 is 1.69. The highest BCUT2D eigenvalue weighted by Gasteiger charge is 2.22. The van der Waals surface area contributed by atoms with Crippen LogP contribution >= 0.6 is 0 Å². The first-order valence-corrected chi connectivity index (χ1v) is 12.6. The van der Waals surface area contributed by atoms with Gasteiger partial charge < -0.3 is 20.9 Å². The van der Waals surface area contributed by atoms with E-state index in [-0.39, 0.29) is 6.03 Å². The zero-order valence-electron chi connectivity index (χ0n) is 21.7. The predicted octanol–water partition coefficient (Wildman–Crippen LogP) is 3.30. The molecule has 0 spiro atoms. The van der Waals surface area contributed by atoms with Crippen LogP contribution in [0.4, 0.5) is 10.6 Å². The molecule has 1 fully saturated rings. The number of nitrogens with two attached hydrogens (primary N) is 1. The molecule has 0 aliphatic carbocycles. The van der Waals surface area contributed by atoms with E-state index in [4.69, 9.17) is 10.7 Å². The highest BCUT2D eigenvalue weighted by atomic mass is 16.2. The molecular formula is C29H29N9O. The Morgan fingerprint density at radius 2 is 1.95 bits per heavy atom. The van der Waals surface area contributed by atoms with Gasteiger partial charge in [-0.3, -0.25) is 4.99 Å². The molecule has 0 bridgehead atoms. The molecule has 5 rings (SSSR count). The Balaban J connectivity index is 1.31. The van der Waals surface area contributed by atoms with Crippen molar-refractivity contribution in [3.8, 4) is 17.2 Å². The molecule has 196 valence electrons. The molecule has 2 amide bonds. The third-order valence-corrected chi connectivity index (χ3v) is 6.75. The summed E-state index contributed by atoms with van der Waals surface area (Å²) in [6, 6.07) is 18.0. The van der Waals surface area contributed by atoms with Crippen LogP contribution in [0.25, 0.3) is 22.2 Å². The number of rotatable bonds is 6. The minimum Gasteiger partial charge on any atom is -0.404 e. The van der Waals surface area contributed by atoms with E-state index in [2.05, 4.69) is 26.4 Å². The zero-order chi connectivity index (χ0) is 27.2. The SMILES string of the molecule is CN=CC(=CN)c1cc(-c2ccc(N3CCN(C(=O)NCc4ccccc4)CC3)nc2)c2c(C#N)cnn2c1. The van der Waals surface area contributed by atoms with Crippen LogP contribution in [0.3, 0.4) is 0 Å². The molecule has 0 saturated carbocycles. The fraction of sp³-hybridized carbons (Fsp3) is 0.207. The fourth-order valence-electron chi connectivity index (χ4n) is 4.69. The topological polar surface area (TPSA) is 128 Å². The van der Waals surface area contributed by atoms with E-state index in [9.17, 15) is 10.1 Å². The molecule has 3 aromatic heterocycles. The number of nitrogens with zero attached hydrogens (tertiary/aromatic N) is 7. The van der Waals surface area contributed by atoms with Crippen molar-refractivity contribution in [1.29, 1.82) is 5.26 Å². The van der Waals surface area contributed by atoms with Gasteiger partial charge in [-0.25, -0.2) is 14.3 Å². The van der Waals surface area contributed by atoms with Crippen LogP contribution in [-0.4, -0.2) is 65.0 Å². The third kappa shape index (κ3) is 5.43. The lowest BCUT2D eigenvalue weighted by Gasteiger charge is -2.35. The molecule has 10 nitrogen and oxygen atoms in total. The second kappa shape index (κ2) is 11.5. The first-order chi connectivity index (χ1) is 19.1. The van der Waals surface area contributed by atoms with E-state index in [1.807, 2.05) is 59.6 Å². The molecule has 4 heterocycles. The minimum absolute atomic E-state index is 0.0566. The second-order valence-electron chi connectivity index (χ2n) is 9.14. The van der Waals surface area contributed by atoms with Crippen molar-refractivity contribution in [3.05, 3.63) is 90.0 Å². The van der Waals surface area contributed by atoms with E-state index in [1.165, 1.54) is 6.20 Å². The van der Waals surface area contributed by atoms with Gasteiger partial charge in [0.15, 0.2) is 0 Å². The Hall–Kier alpha value is -5.17. The number of piperazine rings is 1.